The summed E-state index contributed by atoms with van der Waals surface area (Å²) in [6, 6.07) is 3.16. The summed E-state index contributed by atoms with van der Waals surface area (Å²) in [6.45, 7) is 4.06. The van der Waals surface area contributed by atoms with E-state index in [4.69, 9.17) is 10.2 Å². The molecule has 2 atom stereocenters. The van der Waals surface area contributed by atoms with Crippen molar-refractivity contribution in [2.45, 2.75) is 42.5 Å². The molecule has 10 nitrogen and oxygen atoms in total. The first kappa shape index (κ1) is 39.9. The molecule has 13 heteroatoms. The van der Waals surface area contributed by atoms with E-state index >= 15 is 0 Å². The maximum absolute atomic E-state index is 10.7. The predicted octanol–water partition coefficient (Wildman–Crippen LogP) is 3.40. The molecule has 0 saturated carbocycles. The maximum Gasteiger partial charge on any atom is 2.00 e. The number of pyridine rings is 1. The molecule has 4 heterocycles. The zero-order valence-electron chi connectivity index (χ0n) is 21.4. The van der Waals surface area contributed by atoms with E-state index in [1.54, 1.807) is 42.5 Å². The first-order valence-corrected chi connectivity index (χ1v) is 13.8. The summed E-state index contributed by atoms with van der Waals surface area (Å²) in [7, 11) is 0. The molecule has 2 saturated heterocycles. The number of aromatic nitrogens is 1. The Bertz CT molecular complexity index is 762. The smallest absolute Gasteiger partial charge is 0.687 e. The molecule has 1 aromatic rings. The number of carboxylic acid groups (broad SMARTS) is 2. The normalized spacial score (nSPS) is 19.0. The van der Waals surface area contributed by atoms with E-state index < -0.39 is 11.9 Å². The van der Waals surface area contributed by atoms with E-state index in [2.05, 4.69) is 20.9 Å². The third kappa shape index (κ3) is 18.3. The van der Waals surface area contributed by atoms with E-state index in [9.17, 15) is 9.59 Å². The van der Waals surface area contributed by atoms with Gasteiger partial charge in [0.15, 0.2) is 0 Å². The van der Waals surface area contributed by atoms with Gasteiger partial charge in [0.05, 0.1) is 16.9 Å². The SMILES string of the molecule is C1=CC[N-]C=C1.C1CC[N-]CC1.CSC1NCCCC1C(=O)O.CSc1ncccc1C(=O)O.[Cu+2].[OH3+].[OH3+]. The maximum atomic E-state index is 10.7. The molecule has 0 amide bonds. The van der Waals surface area contributed by atoms with E-state index in [1.165, 1.54) is 31.0 Å². The summed E-state index contributed by atoms with van der Waals surface area (Å²) in [5, 5.41) is 29.4. The number of hydrogen-bond donors (Lipinski definition) is 3. The Hall–Kier alpha value is -1.57. The fourth-order valence-electron chi connectivity index (χ4n) is 3.18. The number of aliphatic carboxylic acids is 1. The van der Waals surface area contributed by atoms with Crippen LogP contribution in [0.25, 0.3) is 10.6 Å². The fourth-order valence-corrected chi connectivity index (χ4v) is 4.59. The minimum absolute atomic E-state index is 0. The molecule has 0 aliphatic carbocycles. The van der Waals surface area contributed by atoms with Gasteiger partial charge < -0.3 is 37.1 Å². The van der Waals surface area contributed by atoms with Crippen LogP contribution in [0.3, 0.4) is 0 Å². The third-order valence-corrected chi connectivity index (χ3v) is 6.67. The summed E-state index contributed by atoms with van der Waals surface area (Å²) >= 11 is 2.92. The second kappa shape index (κ2) is 26.1. The van der Waals surface area contributed by atoms with Gasteiger partial charge in [0, 0.05) is 6.20 Å². The first-order valence-electron chi connectivity index (χ1n) is 11.3. The quantitative estimate of drug-likeness (QED) is 0.262. The largest absolute Gasteiger partial charge is 2.00 e. The van der Waals surface area contributed by atoms with Crippen molar-refractivity contribution >= 4 is 35.5 Å². The number of aromatic carboxylic acids is 1. The summed E-state index contributed by atoms with van der Waals surface area (Å²) in [5.41, 5.74) is 0.264. The number of rotatable bonds is 4. The molecule has 2 unspecified atom stereocenters. The predicted molar refractivity (Wildman–Crippen MR) is 152 cm³/mol. The minimum atomic E-state index is -0.928. The summed E-state index contributed by atoms with van der Waals surface area (Å²) in [4.78, 5) is 25.1. The van der Waals surface area contributed by atoms with Crippen LogP contribution in [0.1, 0.15) is 42.5 Å². The Morgan fingerprint density at radius 2 is 1.78 bits per heavy atom. The average molecular weight is 610 g/mol. The molecule has 215 valence electrons. The van der Waals surface area contributed by atoms with Gasteiger partial charge in [-0.05, 0) is 44.0 Å². The average Bonchev–Trinajstić information content (AvgIpc) is 2.91. The van der Waals surface area contributed by atoms with Crippen molar-refractivity contribution in [1.82, 2.24) is 10.3 Å². The van der Waals surface area contributed by atoms with Gasteiger partial charge in [-0.2, -0.15) is 6.20 Å². The van der Waals surface area contributed by atoms with Gasteiger partial charge in [0.2, 0.25) is 0 Å². The number of piperidine rings is 2. The number of carboxylic acids is 2. The first-order chi connectivity index (χ1) is 16.5. The molecule has 2 fully saturated rings. The van der Waals surface area contributed by atoms with Crippen LogP contribution in [0.5, 0.6) is 0 Å². The van der Waals surface area contributed by atoms with Crippen LogP contribution >= 0.6 is 23.5 Å². The number of hydrogen-bond acceptors (Lipinski definition) is 6. The Morgan fingerprint density at radius 1 is 1.08 bits per heavy atom. The zero-order chi connectivity index (χ0) is 25.0. The van der Waals surface area contributed by atoms with Crippen LogP contribution < -0.4 is 5.32 Å². The molecule has 3 aliphatic rings. The molecule has 9 N–H and O–H groups in total. The van der Waals surface area contributed by atoms with Crippen molar-refractivity contribution < 1.29 is 47.8 Å². The molecule has 3 aliphatic heterocycles. The van der Waals surface area contributed by atoms with Crippen LogP contribution in [0.15, 0.2) is 47.8 Å². The van der Waals surface area contributed by atoms with Crippen molar-refractivity contribution in [2.75, 3.05) is 38.7 Å². The van der Waals surface area contributed by atoms with E-state index in [0.717, 1.165) is 39.0 Å². The van der Waals surface area contributed by atoms with Gasteiger partial charge in [-0.1, -0.05) is 31.4 Å². The number of nitrogens with zero attached hydrogens (tertiary/aromatic N) is 3. The van der Waals surface area contributed by atoms with E-state index in [1.807, 2.05) is 24.5 Å². The number of thioether (sulfide) groups is 2. The Balaban J connectivity index is -0.000000419. The van der Waals surface area contributed by atoms with Crippen molar-refractivity contribution in [2.24, 2.45) is 5.92 Å². The molecule has 37 heavy (non-hydrogen) atoms. The van der Waals surface area contributed by atoms with Gasteiger partial charge in [-0.25, -0.2) is 9.78 Å². The van der Waals surface area contributed by atoms with Gasteiger partial charge in [-0.15, -0.1) is 49.2 Å². The molecule has 0 spiro atoms. The van der Waals surface area contributed by atoms with Gasteiger partial charge >= 0.3 is 29.0 Å². The second-order valence-corrected chi connectivity index (χ2v) is 9.20. The molecule has 0 bridgehead atoms. The topological polar surface area (TPSA) is 194 Å². The summed E-state index contributed by atoms with van der Waals surface area (Å²) < 4.78 is 0. The summed E-state index contributed by atoms with van der Waals surface area (Å²) in [5.74, 6) is -1.79. The molecule has 0 aromatic carbocycles. The van der Waals surface area contributed by atoms with Gasteiger partial charge in [-0.3, -0.25) is 4.79 Å². The number of carbonyl (C=O) groups is 2. The Kier molecular flexibility index (Phi) is 28.1. The van der Waals surface area contributed by atoms with Gasteiger partial charge in [0.1, 0.15) is 5.03 Å². The number of nitrogens with one attached hydrogen (secondary N) is 1. The summed E-state index contributed by atoms with van der Waals surface area (Å²) in [6.07, 6.45) is 18.9. The standard InChI is InChI=1S/C7H13NO2S.C7H7NO2S.C5H10N.C5H6N.Cu.2H2O/c2*1-11-6-5(7(9)10)3-2-4-8-6;2*1-2-4-6-5-3-1;;;/h5-6,8H,2-4H2,1H3,(H,9,10);2-4H,1H3,(H,9,10);1-5H2;1-4H,5H2;;2*1H2/q;;2*-1;+2;;/p+2. The molecular formula is C24H42CuN4O6S2+2. The molecule has 1 radical (unpaired) electrons. The Labute approximate surface area is 239 Å². The van der Waals surface area contributed by atoms with Crippen molar-refractivity contribution in [3.63, 3.8) is 0 Å². The molecule has 4 rings (SSSR count). The Morgan fingerprint density at radius 3 is 2.11 bits per heavy atom. The van der Waals surface area contributed by atoms with Crippen LogP contribution in [0, 0.1) is 5.92 Å². The van der Waals surface area contributed by atoms with Crippen molar-refractivity contribution in [1.29, 1.82) is 0 Å². The monoisotopic (exact) mass is 609 g/mol. The third-order valence-electron chi connectivity index (χ3n) is 4.95. The zero-order valence-corrected chi connectivity index (χ0v) is 24.0. The van der Waals surface area contributed by atoms with Gasteiger partial charge in [0.25, 0.3) is 0 Å². The van der Waals surface area contributed by atoms with Crippen LogP contribution in [0.2, 0.25) is 0 Å². The van der Waals surface area contributed by atoms with E-state index in [-0.39, 0.29) is 44.9 Å². The number of allylic oxidation sites excluding steroid dienone is 2. The van der Waals surface area contributed by atoms with E-state index in [0.29, 0.717) is 5.03 Å². The second-order valence-electron chi connectivity index (χ2n) is 7.43. The minimum Gasteiger partial charge on any atom is -0.687 e. The van der Waals surface area contributed by atoms with Crippen LogP contribution in [-0.2, 0) is 32.8 Å². The van der Waals surface area contributed by atoms with Crippen molar-refractivity contribution in [3.05, 3.63) is 59.0 Å². The molecular weight excluding hydrogens is 568 g/mol. The van der Waals surface area contributed by atoms with Crippen molar-refractivity contribution in [3.8, 4) is 0 Å². The van der Waals surface area contributed by atoms with Crippen LogP contribution in [-0.4, -0.2) is 71.2 Å². The fraction of sp³-hybridized carbons (Fsp3) is 0.542. The molecule has 1 aromatic heterocycles. The van der Waals surface area contributed by atoms with Crippen LogP contribution in [0.4, 0.5) is 0 Å².